The molecule has 312 valence electrons. The molecule has 3 atom stereocenters. The molecule has 3 aromatic carbocycles. The van der Waals surface area contributed by atoms with Gasteiger partial charge in [0.1, 0.15) is 40.5 Å². The van der Waals surface area contributed by atoms with Crippen molar-refractivity contribution >= 4 is 45.2 Å². The van der Waals surface area contributed by atoms with E-state index >= 15 is 8.78 Å². The van der Waals surface area contributed by atoms with Gasteiger partial charge in [0.15, 0.2) is 5.82 Å². The van der Waals surface area contributed by atoms with E-state index in [0.717, 1.165) is 25.7 Å². The fourth-order valence-corrected chi connectivity index (χ4v) is 9.74. The van der Waals surface area contributed by atoms with Crippen LogP contribution in [0.1, 0.15) is 65.6 Å². The Morgan fingerprint density at radius 3 is 2.48 bits per heavy atom. The molecule has 4 fully saturated rings. The number of rotatable bonds is 8. The number of amides is 3. The number of piperidine rings is 2. The van der Waals surface area contributed by atoms with Crippen molar-refractivity contribution in [3.05, 3.63) is 82.3 Å². The third-order valence-corrected chi connectivity index (χ3v) is 12.9. The van der Waals surface area contributed by atoms with Gasteiger partial charge in [-0.25, -0.2) is 13.2 Å². The van der Waals surface area contributed by atoms with Crippen molar-refractivity contribution in [2.24, 2.45) is 5.92 Å². The molecule has 61 heavy (non-hydrogen) atoms. The van der Waals surface area contributed by atoms with Crippen LogP contribution in [0, 0.1) is 35.7 Å². The van der Waals surface area contributed by atoms with Crippen LogP contribution < -0.4 is 20.3 Å². The predicted molar refractivity (Wildman–Crippen MR) is 218 cm³/mol. The van der Waals surface area contributed by atoms with Crippen LogP contribution in [0.4, 0.5) is 19.0 Å². The number of nitrogens with one attached hydrogen (secondary N) is 2. The number of imide groups is 1. The summed E-state index contributed by atoms with van der Waals surface area (Å²) in [5, 5.41) is 17.6. The van der Waals surface area contributed by atoms with Gasteiger partial charge in [-0.1, -0.05) is 12.0 Å². The summed E-state index contributed by atoms with van der Waals surface area (Å²) in [4.78, 5) is 56.9. The van der Waals surface area contributed by atoms with Gasteiger partial charge in [0.2, 0.25) is 11.8 Å². The van der Waals surface area contributed by atoms with Gasteiger partial charge in [-0.3, -0.25) is 29.6 Å². The van der Waals surface area contributed by atoms with Crippen LogP contribution in [-0.4, -0.2) is 98.5 Å². The van der Waals surface area contributed by atoms with Gasteiger partial charge in [-0.2, -0.15) is 9.97 Å². The second-order valence-electron chi connectivity index (χ2n) is 16.7. The minimum absolute atomic E-state index is 0.00379. The van der Waals surface area contributed by atoms with Crippen LogP contribution in [0.2, 0.25) is 0 Å². The van der Waals surface area contributed by atoms with Crippen molar-refractivity contribution in [3.8, 4) is 35.4 Å². The van der Waals surface area contributed by atoms with Crippen LogP contribution in [-0.2, 0) is 22.7 Å². The Morgan fingerprint density at radius 1 is 0.934 bits per heavy atom. The Balaban J connectivity index is 0.873. The first-order chi connectivity index (χ1) is 29.5. The predicted octanol–water partition coefficient (Wildman–Crippen LogP) is 4.94. The van der Waals surface area contributed by atoms with E-state index in [9.17, 15) is 23.9 Å². The topological polar surface area (TPSA) is 153 Å². The van der Waals surface area contributed by atoms with E-state index in [2.05, 4.69) is 36.3 Å². The second kappa shape index (κ2) is 15.3. The molecular formula is C45H41F3N8O5. The molecule has 1 unspecified atom stereocenters. The van der Waals surface area contributed by atoms with Crippen LogP contribution >= 0.6 is 0 Å². The monoisotopic (exact) mass is 830 g/mol. The maximum Gasteiger partial charge on any atom is 0.319 e. The number of carbonyl (C=O) groups excluding carboxylic acids is 3. The fraction of sp³-hybridized carbons (Fsp3) is 0.378. The lowest BCUT2D eigenvalue weighted by Crippen LogP contribution is -2.52. The smallest absolute Gasteiger partial charge is 0.319 e. The van der Waals surface area contributed by atoms with Crippen LogP contribution in [0.5, 0.6) is 11.8 Å². The zero-order valence-electron chi connectivity index (χ0n) is 33.0. The minimum atomic E-state index is -0.789. The van der Waals surface area contributed by atoms with Crippen molar-refractivity contribution in [2.75, 3.05) is 37.7 Å². The lowest BCUT2D eigenvalue weighted by Gasteiger charge is -2.34. The van der Waals surface area contributed by atoms with Crippen LogP contribution in [0.15, 0.2) is 42.6 Å². The number of piperazine rings is 1. The highest BCUT2D eigenvalue weighted by atomic mass is 19.1. The van der Waals surface area contributed by atoms with Crippen LogP contribution in [0.3, 0.4) is 0 Å². The summed E-state index contributed by atoms with van der Waals surface area (Å²) >= 11 is 0. The molecule has 3 N–H and O–H groups in total. The Morgan fingerprint density at radius 2 is 1.72 bits per heavy atom. The van der Waals surface area contributed by atoms with Gasteiger partial charge in [0, 0.05) is 73.0 Å². The van der Waals surface area contributed by atoms with Gasteiger partial charge >= 0.3 is 6.01 Å². The first-order valence-corrected chi connectivity index (χ1v) is 20.6. The molecule has 2 aromatic heterocycles. The van der Waals surface area contributed by atoms with Gasteiger partial charge in [0.05, 0.1) is 17.6 Å². The number of halogens is 3. The van der Waals surface area contributed by atoms with Gasteiger partial charge in [0.25, 0.3) is 5.91 Å². The molecule has 0 spiro atoms. The Kier molecular flexibility index (Phi) is 9.75. The van der Waals surface area contributed by atoms with E-state index in [4.69, 9.17) is 16.1 Å². The number of anilines is 1. The van der Waals surface area contributed by atoms with Gasteiger partial charge < -0.3 is 25.0 Å². The highest BCUT2D eigenvalue weighted by Crippen LogP contribution is 2.40. The number of carbonyl (C=O) groups is 3. The molecule has 0 saturated carbocycles. The number of phenolic OH excluding ortho intramolecular Hbond substituents is 1. The number of benzene rings is 3. The third-order valence-electron chi connectivity index (χ3n) is 12.9. The largest absolute Gasteiger partial charge is 0.508 e. The molecule has 0 aliphatic carbocycles. The van der Waals surface area contributed by atoms with Crippen molar-refractivity contribution < 1.29 is 37.4 Å². The van der Waals surface area contributed by atoms with E-state index in [1.807, 2.05) is 0 Å². The highest BCUT2D eigenvalue weighted by Gasteiger charge is 2.40. The lowest BCUT2D eigenvalue weighted by molar-refractivity contribution is -0.136. The van der Waals surface area contributed by atoms with Crippen molar-refractivity contribution in [1.82, 2.24) is 35.4 Å². The van der Waals surface area contributed by atoms with Crippen molar-refractivity contribution in [1.29, 1.82) is 0 Å². The number of likely N-dealkylation sites (tertiary alicyclic amines) is 1. The molecule has 5 aliphatic heterocycles. The summed E-state index contributed by atoms with van der Waals surface area (Å²) in [6.07, 6.45) is 11.1. The summed E-state index contributed by atoms with van der Waals surface area (Å²) in [6.45, 7) is 3.39. The minimum Gasteiger partial charge on any atom is -0.508 e. The molecule has 13 nitrogen and oxygen atoms in total. The zero-order valence-corrected chi connectivity index (χ0v) is 33.0. The first kappa shape index (κ1) is 38.9. The normalized spacial score (nSPS) is 21.9. The quantitative estimate of drug-likeness (QED) is 0.144. The molecule has 2 bridgehead atoms. The van der Waals surface area contributed by atoms with Crippen molar-refractivity contribution in [2.45, 2.75) is 69.7 Å². The van der Waals surface area contributed by atoms with E-state index < -0.39 is 35.3 Å². The number of hydrogen-bond acceptors (Lipinski definition) is 11. The lowest BCUT2D eigenvalue weighted by atomic mass is 9.96. The molecule has 0 radical (unpaired) electrons. The van der Waals surface area contributed by atoms with E-state index in [-0.39, 0.29) is 94.9 Å². The number of pyridine rings is 1. The number of phenols is 1. The highest BCUT2D eigenvalue weighted by molar-refractivity contribution is 6.06. The molecule has 10 rings (SSSR count). The number of hydrogen-bond donors (Lipinski definition) is 3. The van der Waals surface area contributed by atoms with Crippen molar-refractivity contribution in [3.63, 3.8) is 0 Å². The first-order valence-electron chi connectivity index (χ1n) is 20.6. The summed E-state index contributed by atoms with van der Waals surface area (Å²) < 4.78 is 53.6. The van der Waals surface area contributed by atoms with E-state index in [1.165, 1.54) is 41.4 Å². The van der Waals surface area contributed by atoms with Gasteiger partial charge in [-0.05, 0) is 92.4 Å². The second-order valence-corrected chi connectivity index (χ2v) is 16.7. The standard InChI is InChI=1S/C45H41F3N8O5/c1-2-30-34(46)6-3-24-14-29(57)15-32(38(24)30)40-39(48)41-33(17-49-40)42(55-20-27-4-5-28(21-55)50-27)53-45(52-41)61-22-23-9-11-54(12-10-23)18-26-13-25-19-56(44(60)31(25)16-35(26)47)36-7-8-37(58)51-43(36)59/h1,3,6,13-17,23,27-28,36,50,57H,4-5,7-12,18-22H2,(H,51,58,59)/t27-,28-,36?/m1/s1. The number of terminal acetylenes is 1. The molecule has 4 saturated heterocycles. The molecule has 3 amide bonds. The zero-order chi connectivity index (χ0) is 42.1. The average molecular weight is 831 g/mol. The van der Waals surface area contributed by atoms with Crippen LogP contribution in [0.25, 0.3) is 32.9 Å². The SMILES string of the molecule is C#Cc1c(F)ccc2cc(O)cc(-c3ncc4c(N5C[C@H]6CC[C@H](C5)N6)nc(OCC5CCN(Cc6cc7c(cc6F)C(=O)N(C6CCC(=O)NC6=O)C7)CC5)nc4c3F)c12. The third kappa shape index (κ3) is 7.05. The van der Waals surface area contributed by atoms with E-state index in [1.54, 1.807) is 6.07 Å². The number of ether oxygens (including phenoxy) is 1. The number of aromatic hydroxyl groups is 1. The number of aromatic nitrogens is 3. The Hall–Kier alpha value is -6.31. The molecular weight excluding hydrogens is 790 g/mol. The van der Waals surface area contributed by atoms with E-state index in [0.29, 0.717) is 60.4 Å². The fourth-order valence-electron chi connectivity index (χ4n) is 9.74. The Labute approximate surface area is 348 Å². The summed E-state index contributed by atoms with van der Waals surface area (Å²) in [7, 11) is 0. The Bertz CT molecular complexity index is 2710. The van der Waals surface area contributed by atoms with Gasteiger partial charge in [-0.15, -0.1) is 6.42 Å². The molecule has 16 heteroatoms. The maximum absolute atomic E-state index is 17.0. The average Bonchev–Trinajstić information content (AvgIpc) is 3.75. The molecule has 7 heterocycles. The summed E-state index contributed by atoms with van der Waals surface area (Å²) in [5.41, 5.74) is 1.21. The summed E-state index contributed by atoms with van der Waals surface area (Å²) in [5.74, 6) is -0.426. The number of fused-ring (bicyclic) bond motifs is 5. The summed E-state index contributed by atoms with van der Waals surface area (Å²) in [6, 6.07) is 8.13. The maximum atomic E-state index is 17.0. The number of nitrogens with zero attached hydrogens (tertiary/aromatic N) is 6. The molecule has 5 aromatic rings. The molecule has 5 aliphatic rings.